The Balaban J connectivity index is 2.20. The molecule has 0 aliphatic carbocycles. The second kappa shape index (κ2) is 5.91. The molecule has 0 atom stereocenters. The van der Waals surface area contributed by atoms with Gasteiger partial charge in [0, 0.05) is 23.0 Å². The molecule has 0 bridgehead atoms. The Kier molecular flexibility index (Phi) is 4.48. The van der Waals surface area contributed by atoms with Gasteiger partial charge in [-0.1, -0.05) is 33.8 Å². The second-order valence-electron chi connectivity index (χ2n) is 4.13. The van der Waals surface area contributed by atoms with Crippen molar-refractivity contribution < 1.29 is 0 Å². The summed E-state index contributed by atoms with van der Waals surface area (Å²) < 4.78 is 3.05. The molecule has 1 aromatic heterocycles. The molecule has 0 aliphatic rings. The molecule has 0 spiro atoms. The summed E-state index contributed by atoms with van der Waals surface area (Å²) in [5.41, 5.74) is 2.31. The summed E-state index contributed by atoms with van der Waals surface area (Å²) in [6.07, 6.45) is 0. The van der Waals surface area contributed by atoms with Gasteiger partial charge in [-0.3, -0.25) is 4.68 Å². The second-order valence-corrected chi connectivity index (χ2v) is 6.08. The van der Waals surface area contributed by atoms with Crippen molar-refractivity contribution in [2.24, 2.45) is 7.05 Å². The van der Waals surface area contributed by atoms with Crippen LogP contribution >= 0.6 is 27.7 Å². The van der Waals surface area contributed by atoms with Gasteiger partial charge in [-0.15, -0.1) is 0 Å². The van der Waals surface area contributed by atoms with Crippen LogP contribution < -0.4 is 5.32 Å². The van der Waals surface area contributed by atoms with E-state index < -0.39 is 0 Å². The fraction of sp³-hybridized carbons (Fsp3) is 0.308. The molecule has 2 rings (SSSR count). The summed E-state index contributed by atoms with van der Waals surface area (Å²) in [5.74, 6) is 0. The predicted octanol–water partition coefficient (Wildman–Crippen LogP) is 3.36. The molecule has 0 saturated carbocycles. The maximum Gasteiger partial charge on any atom is 0.0986 e. The van der Waals surface area contributed by atoms with Gasteiger partial charge in [-0.05, 0) is 37.7 Å². The molecule has 2 aromatic rings. The predicted molar refractivity (Wildman–Crippen MR) is 79.0 cm³/mol. The van der Waals surface area contributed by atoms with Crippen LogP contribution in [0.5, 0.6) is 0 Å². The van der Waals surface area contributed by atoms with Gasteiger partial charge in [0.1, 0.15) is 0 Å². The van der Waals surface area contributed by atoms with Crippen molar-refractivity contribution in [1.29, 1.82) is 0 Å². The van der Waals surface area contributed by atoms with Gasteiger partial charge >= 0.3 is 0 Å². The van der Waals surface area contributed by atoms with Crippen LogP contribution in [0.1, 0.15) is 11.3 Å². The van der Waals surface area contributed by atoms with E-state index in [1.807, 2.05) is 25.7 Å². The lowest BCUT2D eigenvalue weighted by Crippen LogP contribution is -2.05. The topological polar surface area (TPSA) is 29.9 Å². The normalized spacial score (nSPS) is 10.9. The first-order chi connectivity index (χ1) is 8.60. The van der Waals surface area contributed by atoms with E-state index in [9.17, 15) is 0 Å². The number of hydrogen-bond acceptors (Lipinski definition) is 3. The minimum absolute atomic E-state index is 0.871. The fourth-order valence-electron chi connectivity index (χ4n) is 1.73. The van der Waals surface area contributed by atoms with E-state index in [-0.39, 0.29) is 0 Å². The van der Waals surface area contributed by atoms with Crippen LogP contribution in [0, 0.1) is 6.92 Å². The van der Waals surface area contributed by atoms with Crippen LogP contribution in [0.4, 0.5) is 0 Å². The van der Waals surface area contributed by atoms with Crippen molar-refractivity contribution in [3.63, 3.8) is 0 Å². The third-order valence-electron chi connectivity index (χ3n) is 2.57. The Hall–Kier alpha value is -0.780. The van der Waals surface area contributed by atoms with Crippen LogP contribution in [0.15, 0.2) is 38.7 Å². The molecule has 0 saturated heterocycles. The molecule has 0 amide bonds. The lowest BCUT2D eigenvalue weighted by molar-refractivity contribution is 0.692. The number of aryl methyl sites for hydroxylation is 2. The SMILES string of the molecule is CNCc1ccc(Sc2cc(C)nn2C)cc1Br. The van der Waals surface area contributed by atoms with Crippen molar-refractivity contribution in [1.82, 2.24) is 15.1 Å². The molecule has 0 unspecified atom stereocenters. The quantitative estimate of drug-likeness (QED) is 0.934. The summed E-state index contributed by atoms with van der Waals surface area (Å²) in [6.45, 7) is 2.88. The molecule has 1 heterocycles. The van der Waals surface area contributed by atoms with Crippen molar-refractivity contribution in [2.75, 3.05) is 7.05 Å². The average Bonchev–Trinajstić information content (AvgIpc) is 2.61. The molecule has 0 radical (unpaired) electrons. The zero-order valence-electron chi connectivity index (χ0n) is 10.7. The van der Waals surface area contributed by atoms with E-state index in [4.69, 9.17) is 0 Å². The van der Waals surface area contributed by atoms with E-state index in [2.05, 4.69) is 50.6 Å². The van der Waals surface area contributed by atoms with Gasteiger partial charge in [0.2, 0.25) is 0 Å². The minimum Gasteiger partial charge on any atom is -0.316 e. The summed E-state index contributed by atoms with van der Waals surface area (Å²) in [6, 6.07) is 8.54. The first-order valence-electron chi connectivity index (χ1n) is 5.71. The average molecular weight is 326 g/mol. The van der Waals surface area contributed by atoms with Crippen LogP contribution in [-0.4, -0.2) is 16.8 Å². The summed E-state index contributed by atoms with van der Waals surface area (Å²) in [7, 11) is 3.92. The monoisotopic (exact) mass is 325 g/mol. The van der Waals surface area contributed by atoms with Gasteiger partial charge in [0.25, 0.3) is 0 Å². The van der Waals surface area contributed by atoms with Gasteiger partial charge in [0.15, 0.2) is 0 Å². The molecule has 96 valence electrons. The fourth-order valence-corrected chi connectivity index (χ4v) is 3.36. The Morgan fingerprint density at radius 2 is 2.17 bits per heavy atom. The lowest BCUT2D eigenvalue weighted by Gasteiger charge is -2.07. The van der Waals surface area contributed by atoms with E-state index in [1.54, 1.807) is 11.8 Å². The highest BCUT2D eigenvalue weighted by Gasteiger charge is 2.06. The molecule has 5 heteroatoms. The van der Waals surface area contributed by atoms with Gasteiger partial charge < -0.3 is 5.32 Å². The largest absolute Gasteiger partial charge is 0.316 e. The minimum atomic E-state index is 0.871. The zero-order valence-corrected chi connectivity index (χ0v) is 13.1. The number of hydrogen-bond donors (Lipinski definition) is 1. The number of aromatic nitrogens is 2. The van der Waals surface area contributed by atoms with Crippen molar-refractivity contribution in [3.05, 3.63) is 40.0 Å². The molecule has 0 fully saturated rings. The van der Waals surface area contributed by atoms with Crippen LogP contribution in [0.25, 0.3) is 0 Å². The first kappa shape index (κ1) is 13.6. The number of nitrogens with zero attached hydrogens (tertiary/aromatic N) is 2. The Labute approximate surface area is 120 Å². The smallest absolute Gasteiger partial charge is 0.0986 e. The van der Waals surface area contributed by atoms with E-state index in [0.29, 0.717) is 0 Å². The van der Waals surface area contributed by atoms with Gasteiger partial charge in [-0.2, -0.15) is 5.10 Å². The number of rotatable bonds is 4. The number of benzene rings is 1. The summed E-state index contributed by atoms with van der Waals surface area (Å²) in [5, 5.41) is 8.66. The highest BCUT2D eigenvalue weighted by atomic mass is 79.9. The maximum absolute atomic E-state index is 4.35. The molecule has 3 nitrogen and oxygen atoms in total. The van der Waals surface area contributed by atoms with Crippen LogP contribution in [-0.2, 0) is 13.6 Å². The summed E-state index contributed by atoms with van der Waals surface area (Å²) in [4.78, 5) is 1.21. The van der Waals surface area contributed by atoms with Crippen LogP contribution in [0.3, 0.4) is 0 Å². The molecule has 0 aliphatic heterocycles. The third-order valence-corrected chi connectivity index (χ3v) is 4.39. The molecule has 1 N–H and O–H groups in total. The zero-order chi connectivity index (χ0) is 13.1. The first-order valence-corrected chi connectivity index (χ1v) is 7.32. The highest BCUT2D eigenvalue weighted by Crippen LogP contribution is 2.31. The Morgan fingerprint density at radius 3 is 2.72 bits per heavy atom. The van der Waals surface area contributed by atoms with E-state index in [0.717, 1.165) is 21.7 Å². The molecular weight excluding hydrogens is 310 g/mol. The van der Waals surface area contributed by atoms with Crippen molar-refractivity contribution in [3.8, 4) is 0 Å². The highest BCUT2D eigenvalue weighted by molar-refractivity contribution is 9.10. The van der Waals surface area contributed by atoms with E-state index >= 15 is 0 Å². The molecule has 1 aromatic carbocycles. The standard InChI is InChI=1S/C13H16BrN3S/c1-9-6-13(17(3)16-9)18-11-5-4-10(8-15-2)12(14)7-11/h4-7,15H,8H2,1-3H3. The number of nitrogens with one attached hydrogen (secondary N) is 1. The molecular formula is C13H16BrN3S. The van der Waals surface area contributed by atoms with Gasteiger partial charge in [0.05, 0.1) is 10.7 Å². The van der Waals surface area contributed by atoms with Crippen molar-refractivity contribution >= 4 is 27.7 Å². The third kappa shape index (κ3) is 3.16. The van der Waals surface area contributed by atoms with Gasteiger partial charge in [-0.25, -0.2) is 0 Å². The maximum atomic E-state index is 4.35. The number of halogens is 1. The van der Waals surface area contributed by atoms with Crippen LogP contribution in [0.2, 0.25) is 0 Å². The van der Waals surface area contributed by atoms with E-state index in [1.165, 1.54) is 10.5 Å². The lowest BCUT2D eigenvalue weighted by atomic mass is 10.2. The summed E-state index contributed by atoms with van der Waals surface area (Å²) >= 11 is 5.34. The molecule has 18 heavy (non-hydrogen) atoms. The Morgan fingerprint density at radius 1 is 1.39 bits per heavy atom. The van der Waals surface area contributed by atoms with Crippen molar-refractivity contribution in [2.45, 2.75) is 23.4 Å². The Bertz CT molecular complexity index is 551.